The summed E-state index contributed by atoms with van der Waals surface area (Å²) in [5.41, 5.74) is 1.44. The van der Waals surface area contributed by atoms with Gasteiger partial charge in [0.1, 0.15) is 35.2 Å². The van der Waals surface area contributed by atoms with Crippen LogP contribution in [0.3, 0.4) is 0 Å². The number of carbonyl (C=O) groups excluding carboxylic acids is 2. The molecule has 1 fully saturated rings. The van der Waals surface area contributed by atoms with Crippen LogP contribution in [0, 0.1) is 10.1 Å². The number of nitro groups is 1. The van der Waals surface area contributed by atoms with Gasteiger partial charge >= 0.3 is 5.97 Å². The van der Waals surface area contributed by atoms with E-state index in [0.717, 1.165) is 11.1 Å². The number of nitrogens with zero attached hydrogens (tertiary/aromatic N) is 3. The van der Waals surface area contributed by atoms with Crippen molar-refractivity contribution >= 4 is 23.5 Å². The third-order valence-corrected chi connectivity index (χ3v) is 9.39. The van der Waals surface area contributed by atoms with Crippen molar-refractivity contribution in [1.82, 2.24) is 9.80 Å². The number of carboxylic acid groups (broad SMARTS) is 1. The quantitative estimate of drug-likeness (QED) is 0.191. The Hall–Kier alpha value is -5.53. The Bertz CT molecular complexity index is 1870. The summed E-state index contributed by atoms with van der Waals surface area (Å²) in [4.78, 5) is 54.6. The Kier molecular flexibility index (Phi) is 9.85. The average Bonchev–Trinajstić information content (AvgIpc) is 3.33. The molecule has 0 aliphatic carbocycles. The molecule has 0 aromatic heterocycles. The highest BCUT2D eigenvalue weighted by molar-refractivity contribution is 5.93. The molecule has 2 amide bonds. The predicted octanol–water partition coefficient (Wildman–Crippen LogP) is 5.40. The molecule has 2 atom stereocenters. The zero-order valence-corrected chi connectivity index (χ0v) is 29.3. The standard InChI is InChI=1S/C36H41N3O11/c1-9-37-34(23-15-20(39(44)45)16-28(48-8)33(23)49-10-2)38(19(3)35(37)43)29(40)17-21-26(46-6)13-11-24-31(21)50-32-22(18-30(41)42)27(47-7)14-12-25(32)36(24,4)5/h11-16,19,34H,9-10,17-18H2,1-8H3,(H,41,42)/t19-,34+/m0/s1. The predicted molar refractivity (Wildman–Crippen MR) is 180 cm³/mol. The summed E-state index contributed by atoms with van der Waals surface area (Å²) in [5.74, 6) is -0.322. The molecular formula is C36H41N3O11. The van der Waals surface area contributed by atoms with Crippen LogP contribution < -0.4 is 23.7 Å². The number of carboxylic acids is 1. The van der Waals surface area contributed by atoms with Gasteiger partial charge in [0, 0.05) is 45.8 Å². The number of hydrogen-bond donors (Lipinski definition) is 1. The Balaban J connectivity index is 1.67. The van der Waals surface area contributed by atoms with Crippen molar-refractivity contribution in [1.29, 1.82) is 0 Å². The van der Waals surface area contributed by atoms with E-state index < -0.39 is 34.4 Å². The van der Waals surface area contributed by atoms with Gasteiger partial charge in [0.25, 0.3) is 5.69 Å². The molecule has 0 radical (unpaired) electrons. The van der Waals surface area contributed by atoms with Crippen molar-refractivity contribution in [3.63, 3.8) is 0 Å². The number of likely N-dealkylation sites (N-methyl/N-ethyl adjacent to an activating group) is 1. The van der Waals surface area contributed by atoms with Gasteiger partial charge in [-0.3, -0.25) is 24.5 Å². The largest absolute Gasteiger partial charge is 0.496 e. The van der Waals surface area contributed by atoms with Crippen molar-refractivity contribution in [2.24, 2.45) is 0 Å². The summed E-state index contributed by atoms with van der Waals surface area (Å²) in [6.45, 7) is 9.45. The maximum atomic E-state index is 14.7. The lowest BCUT2D eigenvalue weighted by molar-refractivity contribution is -0.385. The highest BCUT2D eigenvalue weighted by atomic mass is 16.6. The van der Waals surface area contributed by atoms with E-state index in [-0.39, 0.29) is 54.7 Å². The molecule has 14 nitrogen and oxygen atoms in total. The van der Waals surface area contributed by atoms with Gasteiger partial charge in [0.15, 0.2) is 11.5 Å². The summed E-state index contributed by atoms with van der Waals surface area (Å²) in [7, 11) is 4.27. The molecule has 2 heterocycles. The number of hydrogen-bond acceptors (Lipinski definition) is 10. The first-order chi connectivity index (χ1) is 23.7. The first kappa shape index (κ1) is 35.8. The average molecular weight is 692 g/mol. The van der Waals surface area contributed by atoms with Crippen molar-refractivity contribution in [2.45, 2.75) is 65.1 Å². The number of benzene rings is 3. The van der Waals surface area contributed by atoms with Crippen LogP contribution in [0.1, 0.15) is 68.6 Å². The van der Waals surface area contributed by atoms with Crippen LogP contribution in [0.25, 0.3) is 0 Å². The lowest BCUT2D eigenvalue weighted by Crippen LogP contribution is -2.39. The number of methoxy groups -OCH3 is 3. The van der Waals surface area contributed by atoms with Crippen LogP contribution >= 0.6 is 0 Å². The summed E-state index contributed by atoms with van der Waals surface area (Å²) in [5, 5.41) is 21.8. The summed E-state index contributed by atoms with van der Waals surface area (Å²) >= 11 is 0. The smallest absolute Gasteiger partial charge is 0.308 e. The normalized spacial score (nSPS) is 17.4. The molecule has 1 N–H and O–H groups in total. The van der Waals surface area contributed by atoms with Gasteiger partial charge in [-0.25, -0.2) is 0 Å². The van der Waals surface area contributed by atoms with Gasteiger partial charge in [0.05, 0.1) is 51.8 Å². The number of non-ortho nitro benzene ring substituents is 1. The van der Waals surface area contributed by atoms with Crippen LogP contribution in [-0.4, -0.2) is 78.1 Å². The van der Waals surface area contributed by atoms with E-state index in [1.807, 2.05) is 26.0 Å². The molecule has 266 valence electrons. The van der Waals surface area contributed by atoms with Gasteiger partial charge in [-0.1, -0.05) is 26.0 Å². The molecule has 2 aliphatic rings. The molecule has 0 bridgehead atoms. The van der Waals surface area contributed by atoms with Gasteiger partial charge in [-0.15, -0.1) is 0 Å². The summed E-state index contributed by atoms with van der Waals surface area (Å²) in [6.07, 6.45) is -1.73. The molecule has 0 spiro atoms. The Morgan fingerprint density at radius 1 is 0.940 bits per heavy atom. The van der Waals surface area contributed by atoms with E-state index in [9.17, 15) is 29.6 Å². The molecule has 50 heavy (non-hydrogen) atoms. The topological polar surface area (TPSA) is 167 Å². The highest BCUT2D eigenvalue weighted by Gasteiger charge is 2.49. The van der Waals surface area contributed by atoms with Crippen LogP contribution in [0.2, 0.25) is 0 Å². The number of rotatable bonds is 12. The maximum Gasteiger partial charge on any atom is 0.308 e. The van der Waals surface area contributed by atoms with Gasteiger partial charge < -0.3 is 38.6 Å². The zero-order valence-electron chi connectivity index (χ0n) is 29.3. The minimum atomic E-state index is -1.08. The lowest BCUT2D eigenvalue weighted by atomic mass is 9.74. The SMILES string of the molecule is CCOc1c(OC)cc([N+](=O)[O-])cc1[C@@H]1N(CC)C(=O)[C@H](C)N1C(=O)Cc1c(OC)ccc2c1Oc1c(ccc(OC)c1CC(=O)O)C2(C)C. The van der Waals surface area contributed by atoms with E-state index in [2.05, 4.69) is 0 Å². The maximum absolute atomic E-state index is 14.7. The second-order valence-electron chi connectivity index (χ2n) is 12.5. The van der Waals surface area contributed by atoms with Crippen LogP contribution in [0.15, 0.2) is 36.4 Å². The van der Waals surface area contributed by atoms with Crippen molar-refractivity contribution in [3.05, 3.63) is 74.3 Å². The fourth-order valence-corrected chi connectivity index (χ4v) is 6.99. The Morgan fingerprint density at radius 2 is 1.50 bits per heavy atom. The second kappa shape index (κ2) is 13.8. The first-order valence-corrected chi connectivity index (χ1v) is 16.2. The van der Waals surface area contributed by atoms with E-state index >= 15 is 0 Å². The number of aliphatic carboxylic acids is 1. The third kappa shape index (κ3) is 5.88. The second-order valence-corrected chi connectivity index (χ2v) is 12.5. The molecule has 2 aliphatic heterocycles. The van der Waals surface area contributed by atoms with E-state index in [1.54, 1.807) is 32.9 Å². The van der Waals surface area contributed by atoms with Gasteiger partial charge in [0.2, 0.25) is 11.8 Å². The summed E-state index contributed by atoms with van der Waals surface area (Å²) in [6, 6.07) is 8.74. The molecule has 1 saturated heterocycles. The number of amides is 2. The number of fused-ring (bicyclic) bond motifs is 2. The molecular weight excluding hydrogens is 650 g/mol. The number of carbonyl (C=O) groups is 3. The minimum Gasteiger partial charge on any atom is -0.496 e. The number of ether oxygens (including phenoxy) is 5. The Labute approximate surface area is 289 Å². The molecule has 3 aromatic rings. The zero-order chi connectivity index (χ0) is 36.7. The molecule has 0 saturated carbocycles. The Morgan fingerprint density at radius 3 is 1.98 bits per heavy atom. The number of nitro benzene ring substituents is 1. The first-order valence-electron chi connectivity index (χ1n) is 16.2. The third-order valence-electron chi connectivity index (χ3n) is 9.39. The fraction of sp³-hybridized carbons (Fsp3) is 0.417. The van der Waals surface area contributed by atoms with E-state index in [1.165, 1.54) is 43.3 Å². The summed E-state index contributed by atoms with van der Waals surface area (Å²) < 4.78 is 29.2. The highest BCUT2D eigenvalue weighted by Crippen LogP contribution is 2.54. The molecule has 3 aromatic carbocycles. The lowest BCUT2D eigenvalue weighted by Gasteiger charge is -2.37. The monoisotopic (exact) mass is 691 g/mol. The fourth-order valence-electron chi connectivity index (χ4n) is 6.99. The van der Waals surface area contributed by atoms with Crippen molar-refractivity contribution in [3.8, 4) is 34.5 Å². The van der Waals surface area contributed by atoms with Crippen LogP contribution in [0.5, 0.6) is 34.5 Å². The minimum absolute atomic E-state index is 0.0900. The van der Waals surface area contributed by atoms with E-state index in [4.69, 9.17) is 23.7 Å². The van der Waals surface area contributed by atoms with Crippen LogP contribution in [0.4, 0.5) is 5.69 Å². The van der Waals surface area contributed by atoms with E-state index in [0.29, 0.717) is 34.1 Å². The van der Waals surface area contributed by atoms with Gasteiger partial charge in [-0.2, -0.15) is 0 Å². The molecule has 14 heteroatoms. The molecule has 5 rings (SSSR count). The van der Waals surface area contributed by atoms with Crippen LogP contribution in [-0.2, 0) is 32.6 Å². The van der Waals surface area contributed by atoms with Gasteiger partial charge in [-0.05, 0) is 32.9 Å². The van der Waals surface area contributed by atoms with Crippen molar-refractivity contribution < 1.29 is 48.1 Å². The molecule has 0 unspecified atom stereocenters. The van der Waals surface area contributed by atoms with Crippen molar-refractivity contribution in [2.75, 3.05) is 34.5 Å².